The number of halogens is 1. The molecule has 0 aliphatic rings. The summed E-state index contributed by atoms with van der Waals surface area (Å²) in [5.41, 5.74) is 0.493. The Morgan fingerprint density at radius 3 is 2.43 bits per heavy atom. The predicted octanol–water partition coefficient (Wildman–Crippen LogP) is 3.36. The standard InChI is InChI=1S/C20H24FN3O4/c1-14(2)11-23(12-19(25)15-7-9-16(21)10-8-15)13-20(26)22-17-5-3-4-6-18(17)24(27)28/h3-10,14,19,25H,11-13H2,1-2H3,(H,22,26). The van der Waals surface area contributed by atoms with Gasteiger partial charge in [0.15, 0.2) is 0 Å². The van der Waals surface area contributed by atoms with Crippen molar-refractivity contribution < 1.29 is 19.2 Å². The first-order chi connectivity index (χ1) is 13.3. The van der Waals surface area contributed by atoms with Crippen LogP contribution in [0.2, 0.25) is 0 Å². The summed E-state index contributed by atoms with van der Waals surface area (Å²) in [7, 11) is 0. The zero-order valence-electron chi connectivity index (χ0n) is 15.8. The Labute approximate surface area is 162 Å². The fourth-order valence-electron chi connectivity index (χ4n) is 2.89. The summed E-state index contributed by atoms with van der Waals surface area (Å²) in [5.74, 6) is -0.570. The highest BCUT2D eigenvalue weighted by Gasteiger charge is 2.20. The smallest absolute Gasteiger partial charge is 0.292 e. The topological polar surface area (TPSA) is 95.7 Å². The molecule has 0 aliphatic heterocycles. The molecule has 1 unspecified atom stereocenters. The monoisotopic (exact) mass is 389 g/mol. The van der Waals surface area contributed by atoms with Crippen molar-refractivity contribution in [3.63, 3.8) is 0 Å². The Morgan fingerprint density at radius 2 is 1.82 bits per heavy atom. The highest BCUT2D eigenvalue weighted by molar-refractivity contribution is 5.94. The molecule has 0 bridgehead atoms. The zero-order chi connectivity index (χ0) is 20.7. The maximum absolute atomic E-state index is 13.1. The molecule has 0 spiro atoms. The number of benzene rings is 2. The quantitative estimate of drug-likeness (QED) is 0.506. The first-order valence-electron chi connectivity index (χ1n) is 8.95. The van der Waals surface area contributed by atoms with Gasteiger partial charge in [-0.2, -0.15) is 0 Å². The number of rotatable bonds is 9. The molecule has 0 aromatic heterocycles. The summed E-state index contributed by atoms with van der Waals surface area (Å²) in [6.45, 7) is 4.65. The lowest BCUT2D eigenvalue weighted by atomic mass is 10.1. The number of nitro groups is 1. The summed E-state index contributed by atoms with van der Waals surface area (Å²) in [6, 6.07) is 11.5. The van der Waals surface area contributed by atoms with Crippen molar-refractivity contribution in [2.75, 3.05) is 25.0 Å². The van der Waals surface area contributed by atoms with Gasteiger partial charge in [-0.25, -0.2) is 4.39 Å². The third kappa shape index (κ3) is 6.40. The minimum atomic E-state index is -0.891. The van der Waals surface area contributed by atoms with Gasteiger partial charge in [0.05, 0.1) is 17.6 Å². The van der Waals surface area contributed by atoms with Gasteiger partial charge in [0, 0.05) is 19.2 Å². The number of hydrogen-bond donors (Lipinski definition) is 2. The van der Waals surface area contributed by atoms with E-state index in [9.17, 15) is 24.4 Å². The molecule has 0 saturated heterocycles. The lowest BCUT2D eigenvalue weighted by Gasteiger charge is -2.26. The molecule has 2 aromatic carbocycles. The summed E-state index contributed by atoms with van der Waals surface area (Å²) >= 11 is 0. The zero-order valence-corrected chi connectivity index (χ0v) is 15.8. The van der Waals surface area contributed by atoms with Gasteiger partial charge in [-0.15, -0.1) is 0 Å². The van der Waals surface area contributed by atoms with E-state index < -0.39 is 16.9 Å². The van der Waals surface area contributed by atoms with Crippen molar-refractivity contribution in [3.8, 4) is 0 Å². The number of aliphatic hydroxyl groups excluding tert-OH is 1. The molecule has 8 heteroatoms. The number of amides is 1. The molecule has 0 aliphatic carbocycles. The van der Waals surface area contributed by atoms with Gasteiger partial charge in [0.2, 0.25) is 5.91 Å². The largest absolute Gasteiger partial charge is 0.387 e. The summed E-state index contributed by atoms with van der Waals surface area (Å²) < 4.78 is 13.1. The van der Waals surface area contributed by atoms with Gasteiger partial charge in [0.25, 0.3) is 5.69 Å². The Kier molecular flexibility index (Phi) is 7.60. The van der Waals surface area contributed by atoms with E-state index in [-0.39, 0.29) is 36.2 Å². The van der Waals surface area contributed by atoms with Crippen LogP contribution in [-0.4, -0.2) is 40.5 Å². The number of nitrogens with zero attached hydrogens (tertiary/aromatic N) is 2. The van der Waals surface area contributed by atoms with Crippen molar-refractivity contribution >= 4 is 17.3 Å². The minimum absolute atomic E-state index is 0.0392. The number of para-hydroxylation sites is 2. The number of hydrogen-bond acceptors (Lipinski definition) is 5. The Bertz CT molecular complexity index is 811. The van der Waals surface area contributed by atoms with Gasteiger partial charge in [-0.1, -0.05) is 38.1 Å². The average Bonchev–Trinajstić information content (AvgIpc) is 2.61. The Hall–Kier alpha value is -2.84. The van der Waals surface area contributed by atoms with Gasteiger partial charge in [-0.3, -0.25) is 19.8 Å². The molecule has 2 aromatic rings. The molecule has 28 heavy (non-hydrogen) atoms. The summed E-state index contributed by atoms with van der Waals surface area (Å²) in [5, 5.41) is 24.1. The Balaban J connectivity index is 2.06. The SMILES string of the molecule is CC(C)CN(CC(=O)Nc1ccccc1[N+](=O)[O-])CC(O)c1ccc(F)cc1. The van der Waals surface area contributed by atoms with Crippen molar-refractivity contribution in [2.24, 2.45) is 5.92 Å². The van der Waals surface area contributed by atoms with Crippen LogP contribution in [0.4, 0.5) is 15.8 Å². The van der Waals surface area contributed by atoms with Gasteiger partial charge >= 0.3 is 0 Å². The normalized spacial score (nSPS) is 12.2. The molecule has 2 N–H and O–H groups in total. The Morgan fingerprint density at radius 1 is 1.18 bits per heavy atom. The minimum Gasteiger partial charge on any atom is -0.387 e. The second-order valence-electron chi connectivity index (χ2n) is 6.98. The van der Waals surface area contributed by atoms with Crippen LogP contribution < -0.4 is 5.32 Å². The fourth-order valence-corrected chi connectivity index (χ4v) is 2.89. The van der Waals surface area contributed by atoms with E-state index in [2.05, 4.69) is 5.32 Å². The second kappa shape index (κ2) is 9.91. The number of carbonyl (C=O) groups is 1. The van der Waals surface area contributed by atoms with Crippen LogP contribution in [0, 0.1) is 21.8 Å². The van der Waals surface area contributed by atoms with Gasteiger partial charge in [0.1, 0.15) is 11.5 Å². The molecule has 1 amide bonds. The first-order valence-corrected chi connectivity index (χ1v) is 8.95. The van der Waals surface area contributed by atoms with Crippen molar-refractivity contribution in [2.45, 2.75) is 20.0 Å². The molecule has 150 valence electrons. The van der Waals surface area contributed by atoms with Crippen LogP contribution >= 0.6 is 0 Å². The molecule has 2 rings (SSSR count). The van der Waals surface area contributed by atoms with Crippen molar-refractivity contribution in [3.05, 3.63) is 70.0 Å². The number of anilines is 1. The lowest BCUT2D eigenvalue weighted by molar-refractivity contribution is -0.383. The van der Waals surface area contributed by atoms with Crippen LogP contribution in [0.3, 0.4) is 0 Å². The average molecular weight is 389 g/mol. The fraction of sp³-hybridized carbons (Fsp3) is 0.350. The summed E-state index contributed by atoms with van der Waals surface area (Å²) in [4.78, 5) is 24.7. The van der Waals surface area contributed by atoms with E-state index in [0.29, 0.717) is 12.1 Å². The van der Waals surface area contributed by atoms with E-state index in [0.717, 1.165) is 0 Å². The third-order valence-corrected chi connectivity index (χ3v) is 4.05. The molecular weight excluding hydrogens is 365 g/mol. The van der Waals surface area contributed by atoms with Crippen LogP contribution in [0.5, 0.6) is 0 Å². The number of nitrogens with one attached hydrogen (secondary N) is 1. The van der Waals surface area contributed by atoms with Crippen LogP contribution in [-0.2, 0) is 4.79 Å². The highest BCUT2D eigenvalue weighted by atomic mass is 19.1. The van der Waals surface area contributed by atoms with Gasteiger partial charge in [-0.05, 0) is 29.7 Å². The molecule has 0 saturated carbocycles. The van der Waals surface area contributed by atoms with Crippen molar-refractivity contribution in [1.82, 2.24) is 4.90 Å². The van der Waals surface area contributed by atoms with Gasteiger partial charge < -0.3 is 10.4 Å². The van der Waals surface area contributed by atoms with Crippen LogP contribution in [0.15, 0.2) is 48.5 Å². The number of nitro benzene ring substituents is 1. The molecule has 1 atom stereocenters. The van der Waals surface area contributed by atoms with Crippen molar-refractivity contribution in [1.29, 1.82) is 0 Å². The number of carbonyl (C=O) groups excluding carboxylic acids is 1. The predicted molar refractivity (Wildman–Crippen MR) is 104 cm³/mol. The van der Waals surface area contributed by atoms with E-state index in [1.54, 1.807) is 11.0 Å². The van der Waals surface area contributed by atoms with Crippen LogP contribution in [0.25, 0.3) is 0 Å². The first kappa shape index (κ1) is 21.5. The van der Waals surface area contributed by atoms with E-state index >= 15 is 0 Å². The lowest BCUT2D eigenvalue weighted by Crippen LogP contribution is -2.38. The maximum Gasteiger partial charge on any atom is 0.292 e. The molecule has 7 nitrogen and oxygen atoms in total. The van der Waals surface area contributed by atoms with Crippen LogP contribution in [0.1, 0.15) is 25.5 Å². The molecule has 0 radical (unpaired) electrons. The summed E-state index contributed by atoms with van der Waals surface area (Å²) in [6.07, 6.45) is -0.891. The highest BCUT2D eigenvalue weighted by Crippen LogP contribution is 2.23. The number of aliphatic hydroxyl groups is 1. The van der Waals surface area contributed by atoms with E-state index in [1.165, 1.54) is 42.5 Å². The molecule has 0 heterocycles. The van der Waals surface area contributed by atoms with E-state index in [4.69, 9.17) is 0 Å². The third-order valence-electron chi connectivity index (χ3n) is 4.05. The maximum atomic E-state index is 13.1. The molecular formula is C20H24FN3O4. The second-order valence-corrected chi connectivity index (χ2v) is 6.98. The van der Waals surface area contributed by atoms with E-state index in [1.807, 2.05) is 13.8 Å². The molecule has 0 fully saturated rings.